The summed E-state index contributed by atoms with van der Waals surface area (Å²) in [6, 6.07) is 1.98. The molecule has 0 fully saturated rings. The third-order valence-corrected chi connectivity index (χ3v) is 4.37. The third-order valence-electron chi connectivity index (χ3n) is 3.28. The summed E-state index contributed by atoms with van der Waals surface area (Å²) in [5, 5.41) is 6.86. The summed E-state index contributed by atoms with van der Waals surface area (Å²) in [5.74, 6) is 0.873. The molecule has 0 spiro atoms. The van der Waals surface area contributed by atoms with Gasteiger partial charge in [0.2, 0.25) is 5.89 Å². The zero-order chi connectivity index (χ0) is 15.6. The zero-order valence-electron chi connectivity index (χ0n) is 13.1. The van der Waals surface area contributed by atoms with Crippen molar-refractivity contribution in [1.82, 2.24) is 15.5 Å². The smallest absolute Gasteiger partial charge is 0.262 e. The van der Waals surface area contributed by atoms with Gasteiger partial charge in [0.15, 0.2) is 5.82 Å². The Morgan fingerprint density at radius 3 is 2.71 bits per heavy atom. The number of carbonyl (C=O) groups excluding carboxylic acids is 1. The van der Waals surface area contributed by atoms with Crippen molar-refractivity contribution < 1.29 is 9.32 Å². The molecule has 0 aliphatic heterocycles. The first-order valence-electron chi connectivity index (χ1n) is 7.06. The van der Waals surface area contributed by atoms with Gasteiger partial charge in [0.25, 0.3) is 5.91 Å². The van der Waals surface area contributed by atoms with Crippen molar-refractivity contribution in [3.05, 3.63) is 33.1 Å². The molecule has 2 aromatic rings. The van der Waals surface area contributed by atoms with Gasteiger partial charge in [0, 0.05) is 11.8 Å². The minimum absolute atomic E-state index is 0.0992. The van der Waals surface area contributed by atoms with E-state index in [0.29, 0.717) is 11.7 Å². The van der Waals surface area contributed by atoms with Crippen LogP contribution in [0.25, 0.3) is 0 Å². The first kappa shape index (κ1) is 15.7. The van der Waals surface area contributed by atoms with Crippen LogP contribution in [-0.2, 0) is 12.0 Å². The average Bonchev–Trinajstić information content (AvgIpc) is 2.97. The van der Waals surface area contributed by atoms with Gasteiger partial charge in [-0.2, -0.15) is 4.98 Å². The van der Waals surface area contributed by atoms with Crippen molar-refractivity contribution in [2.45, 2.75) is 53.0 Å². The maximum Gasteiger partial charge on any atom is 0.262 e. The third kappa shape index (κ3) is 3.50. The number of aromatic nitrogens is 2. The van der Waals surface area contributed by atoms with E-state index >= 15 is 0 Å². The maximum atomic E-state index is 12.4. The lowest BCUT2D eigenvalue weighted by Gasteiger charge is -2.21. The van der Waals surface area contributed by atoms with Crippen molar-refractivity contribution in [2.24, 2.45) is 0 Å². The molecule has 6 heteroatoms. The number of nitrogens with one attached hydrogen (secondary N) is 1. The molecule has 2 heterocycles. The second kappa shape index (κ2) is 5.97. The first-order chi connectivity index (χ1) is 9.83. The van der Waals surface area contributed by atoms with Crippen molar-refractivity contribution in [3.8, 4) is 0 Å². The van der Waals surface area contributed by atoms with Crippen LogP contribution in [0.4, 0.5) is 0 Å². The molecule has 0 unspecified atom stereocenters. The molecule has 1 amide bonds. The number of rotatable bonds is 5. The van der Waals surface area contributed by atoms with Gasteiger partial charge in [-0.1, -0.05) is 18.5 Å². The molecule has 0 aliphatic carbocycles. The van der Waals surface area contributed by atoms with Crippen LogP contribution in [0.2, 0.25) is 0 Å². The van der Waals surface area contributed by atoms with E-state index in [0.717, 1.165) is 17.7 Å². The SMILES string of the molecule is CCCc1cc(C(=O)NC(C)(C)c2noc(C)n2)sc1C. The molecule has 0 radical (unpaired) electrons. The molecule has 0 saturated carbocycles. The summed E-state index contributed by atoms with van der Waals surface area (Å²) >= 11 is 1.53. The van der Waals surface area contributed by atoms with Crippen LogP contribution in [0.3, 0.4) is 0 Å². The van der Waals surface area contributed by atoms with Crippen molar-refractivity contribution in [2.75, 3.05) is 0 Å². The first-order valence-corrected chi connectivity index (χ1v) is 7.87. The molecule has 21 heavy (non-hydrogen) atoms. The summed E-state index contributed by atoms with van der Waals surface area (Å²) in [6.07, 6.45) is 2.08. The van der Waals surface area contributed by atoms with Crippen molar-refractivity contribution in [1.29, 1.82) is 0 Å². The molecule has 2 rings (SSSR count). The fraction of sp³-hybridized carbons (Fsp3) is 0.533. The Bertz CT molecular complexity index is 643. The predicted molar refractivity (Wildman–Crippen MR) is 82.6 cm³/mol. The highest BCUT2D eigenvalue weighted by atomic mass is 32.1. The highest BCUT2D eigenvalue weighted by Gasteiger charge is 2.29. The van der Waals surface area contributed by atoms with E-state index in [-0.39, 0.29) is 5.91 Å². The monoisotopic (exact) mass is 307 g/mol. The summed E-state index contributed by atoms with van der Waals surface area (Å²) in [5.41, 5.74) is 0.582. The lowest BCUT2D eigenvalue weighted by atomic mass is 10.0. The van der Waals surface area contributed by atoms with E-state index in [9.17, 15) is 4.79 Å². The predicted octanol–water partition coefficient (Wildman–Crippen LogP) is 3.37. The summed E-state index contributed by atoms with van der Waals surface area (Å²) in [7, 11) is 0. The van der Waals surface area contributed by atoms with Gasteiger partial charge in [-0.3, -0.25) is 4.79 Å². The average molecular weight is 307 g/mol. The highest BCUT2D eigenvalue weighted by Crippen LogP contribution is 2.24. The number of amides is 1. The van der Waals surface area contributed by atoms with Gasteiger partial charge in [-0.25, -0.2) is 0 Å². The number of thiophene rings is 1. The van der Waals surface area contributed by atoms with Crippen molar-refractivity contribution >= 4 is 17.2 Å². The molecule has 1 N–H and O–H groups in total. The maximum absolute atomic E-state index is 12.4. The second-order valence-electron chi connectivity index (χ2n) is 5.66. The fourth-order valence-electron chi connectivity index (χ4n) is 2.10. The molecule has 2 aromatic heterocycles. The Morgan fingerprint density at radius 2 is 2.14 bits per heavy atom. The normalized spacial score (nSPS) is 11.7. The van der Waals surface area contributed by atoms with Gasteiger partial charge in [-0.15, -0.1) is 11.3 Å². The van der Waals surface area contributed by atoms with E-state index < -0.39 is 5.54 Å². The molecule has 0 aliphatic rings. The van der Waals surface area contributed by atoms with Crippen LogP contribution in [0.1, 0.15) is 59.0 Å². The Labute approximate surface area is 128 Å². The minimum Gasteiger partial charge on any atom is -0.340 e. The lowest BCUT2D eigenvalue weighted by molar-refractivity contribution is 0.0911. The van der Waals surface area contributed by atoms with Crippen LogP contribution >= 0.6 is 11.3 Å². The quantitative estimate of drug-likeness (QED) is 0.919. The van der Waals surface area contributed by atoms with Crippen LogP contribution < -0.4 is 5.32 Å². The summed E-state index contributed by atoms with van der Waals surface area (Å²) in [4.78, 5) is 18.5. The molecule has 5 nitrogen and oxygen atoms in total. The largest absolute Gasteiger partial charge is 0.340 e. The van der Waals surface area contributed by atoms with Crippen LogP contribution in [0, 0.1) is 13.8 Å². The molecule has 114 valence electrons. The Morgan fingerprint density at radius 1 is 1.43 bits per heavy atom. The fourth-order valence-corrected chi connectivity index (χ4v) is 3.07. The van der Waals surface area contributed by atoms with E-state index in [1.54, 1.807) is 6.92 Å². The zero-order valence-corrected chi connectivity index (χ0v) is 13.9. The number of hydrogen-bond donors (Lipinski definition) is 1. The van der Waals surface area contributed by atoms with Crippen LogP contribution in [0.15, 0.2) is 10.6 Å². The molecular formula is C15H21N3O2S. The minimum atomic E-state index is -0.669. The molecular weight excluding hydrogens is 286 g/mol. The van der Waals surface area contributed by atoms with Gasteiger partial charge >= 0.3 is 0 Å². The molecule has 0 aromatic carbocycles. The Kier molecular flexibility index (Phi) is 4.46. The Hall–Kier alpha value is -1.69. The number of aryl methyl sites for hydroxylation is 3. The van der Waals surface area contributed by atoms with E-state index in [1.165, 1.54) is 21.8 Å². The number of hydrogen-bond acceptors (Lipinski definition) is 5. The van der Waals surface area contributed by atoms with Gasteiger partial charge < -0.3 is 9.84 Å². The topological polar surface area (TPSA) is 68.0 Å². The summed E-state index contributed by atoms with van der Waals surface area (Å²) in [6.45, 7) is 9.65. The standard InChI is InChI=1S/C15H21N3O2S/c1-6-7-11-8-12(21-9(11)2)13(19)17-15(4,5)14-16-10(3)20-18-14/h8H,6-7H2,1-5H3,(H,17,19). The van der Waals surface area contributed by atoms with E-state index in [2.05, 4.69) is 29.3 Å². The number of carbonyl (C=O) groups is 1. The van der Waals surface area contributed by atoms with Gasteiger partial charge in [0.1, 0.15) is 0 Å². The van der Waals surface area contributed by atoms with E-state index in [1.807, 2.05) is 19.9 Å². The lowest BCUT2D eigenvalue weighted by Crippen LogP contribution is -2.41. The second-order valence-corrected chi connectivity index (χ2v) is 6.91. The van der Waals surface area contributed by atoms with E-state index in [4.69, 9.17) is 4.52 Å². The molecule has 0 saturated heterocycles. The van der Waals surface area contributed by atoms with Crippen LogP contribution in [-0.4, -0.2) is 16.0 Å². The van der Waals surface area contributed by atoms with Gasteiger partial charge in [0.05, 0.1) is 10.4 Å². The Balaban J connectivity index is 2.15. The van der Waals surface area contributed by atoms with Crippen LogP contribution in [0.5, 0.6) is 0 Å². The van der Waals surface area contributed by atoms with Crippen molar-refractivity contribution in [3.63, 3.8) is 0 Å². The molecule has 0 bridgehead atoms. The molecule has 0 atom stereocenters. The highest BCUT2D eigenvalue weighted by molar-refractivity contribution is 7.14. The number of nitrogens with zero attached hydrogens (tertiary/aromatic N) is 2. The summed E-state index contributed by atoms with van der Waals surface area (Å²) < 4.78 is 4.98. The van der Waals surface area contributed by atoms with Gasteiger partial charge in [-0.05, 0) is 38.8 Å².